The van der Waals surface area contributed by atoms with Crippen molar-refractivity contribution in [1.82, 2.24) is 14.8 Å². The Morgan fingerprint density at radius 1 is 1.10 bits per heavy atom. The van der Waals surface area contributed by atoms with Crippen LogP contribution in [0.25, 0.3) is 11.4 Å². The molecule has 152 valence electrons. The minimum Gasteiger partial charge on any atom is -0.493 e. The molecule has 0 atom stereocenters. The Balaban J connectivity index is 1.55. The Kier molecular flexibility index (Phi) is 7.30. The predicted molar refractivity (Wildman–Crippen MR) is 115 cm³/mol. The highest BCUT2D eigenvalue weighted by Crippen LogP contribution is 2.28. The summed E-state index contributed by atoms with van der Waals surface area (Å²) in [5.74, 6) is 2.96. The van der Waals surface area contributed by atoms with E-state index in [0.717, 1.165) is 41.5 Å². The van der Waals surface area contributed by atoms with Crippen LogP contribution in [0.1, 0.15) is 29.3 Å². The first kappa shape index (κ1) is 20.9. The monoisotopic (exact) mass is 411 g/mol. The molecule has 0 aliphatic carbocycles. The normalized spacial score (nSPS) is 10.7. The fraction of sp³-hybridized carbons (Fsp3) is 0.318. The number of carbonyl (C=O) groups excluding carboxylic acids is 1. The predicted octanol–water partition coefficient (Wildman–Crippen LogP) is 4.66. The number of methoxy groups -OCH3 is 1. The Labute approximate surface area is 175 Å². The van der Waals surface area contributed by atoms with Crippen molar-refractivity contribution in [3.8, 4) is 22.9 Å². The van der Waals surface area contributed by atoms with E-state index in [0.29, 0.717) is 23.7 Å². The van der Waals surface area contributed by atoms with Gasteiger partial charge in [0.2, 0.25) is 0 Å². The van der Waals surface area contributed by atoms with E-state index < -0.39 is 0 Å². The summed E-state index contributed by atoms with van der Waals surface area (Å²) >= 11 is 1.67. The van der Waals surface area contributed by atoms with Crippen molar-refractivity contribution in [3.05, 3.63) is 53.6 Å². The molecule has 0 radical (unpaired) electrons. The second-order valence-corrected chi connectivity index (χ2v) is 7.56. The van der Waals surface area contributed by atoms with Crippen molar-refractivity contribution in [2.45, 2.75) is 32.0 Å². The third-order valence-electron chi connectivity index (χ3n) is 4.44. The van der Waals surface area contributed by atoms with E-state index in [1.165, 1.54) is 5.56 Å². The van der Waals surface area contributed by atoms with E-state index in [2.05, 4.69) is 52.9 Å². The molecule has 0 bridgehead atoms. The van der Waals surface area contributed by atoms with Crippen molar-refractivity contribution in [2.75, 3.05) is 19.5 Å². The Morgan fingerprint density at radius 2 is 1.90 bits per heavy atom. The molecule has 0 N–H and O–H groups in total. The molecule has 0 spiro atoms. The molecule has 0 amide bonds. The summed E-state index contributed by atoms with van der Waals surface area (Å²) in [6.07, 6.45) is 1.64. The number of thioether (sulfide) groups is 1. The van der Waals surface area contributed by atoms with E-state index in [1.807, 2.05) is 0 Å². The van der Waals surface area contributed by atoms with Gasteiger partial charge in [-0.3, -0.25) is 4.79 Å². The molecule has 3 rings (SSSR count). The van der Waals surface area contributed by atoms with E-state index in [-0.39, 0.29) is 0 Å². The first-order chi connectivity index (χ1) is 14.2. The van der Waals surface area contributed by atoms with Crippen LogP contribution in [0.4, 0.5) is 0 Å². The van der Waals surface area contributed by atoms with Gasteiger partial charge in [-0.15, -0.1) is 10.2 Å². The molecule has 0 saturated heterocycles. The van der Waals surface area contributed by atoms with Crippen LogP contribution in [0.5, 0.6) is 11.5 Å². The third kappa shape index (κ3) is 5.17. The van der Waals surface area contributed by atoms with Crippen LogP contribution in [-0.2, 0) is 6.54 Å². The van der Waals surface area contributed by atoms with Crippen LogP contribution in [0.2, 0.25) is 0 Å². The van der Waals surface area contributed by atoms with E-state index in [1.54, 1.807) is 37.1 Å². The molecule has 0 aliphatic heterocycles. The maximum atomic E-state index is 10.9. The van der Waals surface area contributed by atoms with Gasteiger partial charge in [-0.1, -0.05) is 41.6 Å². The lowest BCUT2D eigenvalue weighted by Gasteiger charge is -2.11. The average molecular weight is 412 g/mol. The van der Waals surface area contributed by atoms with Crippen LogP contribution >= 0.6 is 11.8 Å². The zero-order chi connectivity index (χ0) is 20.6. The summed E-state index contributed by atoms with van der Waals surface area (Å²) < 4.78 is 13.2. The first-order valence-electron chi connectivity index (χ1n) is 9.55. The summed E-state index contributed by atoms with van der Waals surface area (Å²) in [5.41, 5.74) is 2.86. The maximum absolute atomic E-state index is 10.9. The van der Waals surface area contributed by atoms with Crippen molar-refractivity contribution >= 4 is 18.0 Å². The molecule has 3 aromatic rings. The van der Waals surface area contributed by atoms with Crippen LogP contribution in [-0.4, -0.2) is 40.5 Å². The SMILES string of the molecule is CCn1c(SCCCOc2ccc(C=O)cc2OC)nnc1-c1ccc(C)cc1. The fourth-order valence-corrected chi connectivity index (χ4v) is 3.79. The standard InChI is InChI=1S/C22H25N3O3S/c1-4-25-21(18-9-6-16(2)7-10-18)23-24-22(25)29-13-5-12-28-19-11-8-17(15-26)14-20(19)27-3/h6-11,14-15H,4-5,12-13H2,1-3H3. The number of hydrogen-bond acceptors (Lipinski definition) is 6. The van der Waals surface area contributed by atoms with E-state index in [9.17, 15) is 4.79 Å². The van der Waals surface area contributed by atoms with Crippen LogP contribution in [0, 0.1) is 6.92 Å². The van der Waals surface area contributed by atoms with E-state index in [4.69, 9.17) is 9.47 Å². The molecule has 1 heterocycles. The highest BCUT2D eigenvalue weighted by molar-refractivity contribution is 7.99. The summed E-state index contributed by atoms with van der Waals surface area (Å²) in [6, 6.07) is 13.5. The molecule has 2 aromatic carbocycles. The summed E-state index contributed by atoms with van der Waals surface area (Å²) in [4.78, 5) is 10.9. The Bertz CT molecular complexity index is 954. The van der Waals surface area contributed by atoms with Gasteiger partial charge in [-0.2, -0.15) is 0 Å². The van der Waals surface area contributed by atoms with Crippen LogP contribution in [0.15, 0.2) is 47.6 Å². The topological polar surface area (TPSA) is 66.2 Å². The molecular formula is C22H25N3O3S. The summed E-state index contributed by atoms with van der Waals surface area (Å²) in [7, 11) is 1.57. The lowest BCUT2D eigenvalue weighted by atomic mass is 10.1. The Morgan fingerprint density at radius 3 is 2.59 bits per heavy atom. The van der Waals surface area contributed by atoms with Gasteiger partial charge in [-0.25, -0.2) is 0 Å². The smallest absolute Gasteiger partial charge is 0.191 e. The minimum absolute atomic E-state index is 0.550. The zero-order valence-corrected chi connectivity index (χ0v) is 17.7. The second-order valence-electron chi connectivity index (χ2n) is 6.50. The number of benzene rings is 2. The zero-order valence-electron chi connectivity index (χ0n) is 16.9. The molecule has 0 aliphatic rings. The first-order valence-corrected chi connectivity index (χ1v) is 10.5. The number of nitrogens with zero attached hydrogens (tertiary/aromatic N) is 3. The highest BCUT2D eigenvalue weighted by atomic mass is 32.2. The Hall–Kier alpha value is -2.80. The van der Waals surface area contributed by atoms with Gasteiger partial charge in [0.05, 0.1) is 13.7 Å². The van der Waals surface area contributed by atoms with Gasteiger partial charge in [0.15, 0.2) is 22.5 Å². The molecule has 29 heavy (non-hydrogen) atoms. The minimum atomic E-state index is 0.550. The van der Waals surface area contributed by atoms with Crippen molar-refractivity contribution in [1.29, 1.82) is 0 Å². The van der Waals surface area contributed by atoms with Crippen LogP contribution in [0.3, 0.4) is 0 Å². The van der Waals surface area contributed by atoms with Crippen molar-refractivity contribution in [2.24, 2.45) is 0 Å². The van der Waals surface area contributed by atoms with Crippen molar-refractivity contribution in [3.63, 3.8) is 0 Å². The van der Waals surface area contributed by atoms with Gasteiger partial charge in [0, 0.05) is 23.4 Å². The summed E-state index contributed by atoms with van der Waals surface area (Å²) in [6.45, 7) is 5.54. The molecule has 0 fully saturated rings. The second kappa shape index (κ2) is 10.1. The number of ether oxygens (including phenoxy) is 2. The lowest BCUT2D eigenvalue weighted by Crippen LogP contribution is -2.03. The number of aryl methyl sites for hydroxylation is 1. The fourth-order valence-electron chi connectivity index (χ4n) is 2.88. The largest absolute Gasteiger partial charge is 0.493 e. The number of aromatic nitrogens is 3. The molecule has 6 nitrogen and oxygen atoms in total. The van der Waals surface area contributed by atoms with Gasteiger partial charge < -0.3 is 14.0 Å². The third-order valence-corrected chi connectivity index (χ3v) is 5.50. The molecule has 1 aromatic heterocycles. The number of carbonyl (C=O) groups is 1. The van der Waals surface area contributed by atoms with Crippen molar-refractivity contribution < 1.29 is 14.3 Å². The van der Waals surface area contributed by atoms with Gasteiger partial charge in [-0.05, 0) is 38.5 Å². The van der Waals surface area contributed by atoms with Gasteiger partial charge in [0.25, 0.3) is 0 Å². The van der Waals surface area contributed by atoms with Gasteiger partial charge in [0.1, 0.15) is 6.29 Å². The molecule has 7 heteroatoms. The quantitative estimate of drug-likeness (QED) is 0.275. The number of aldehydes is 1. The van der Waals surface area contributed by atoms with E-state index >= 15 is 0 Å². The average Bonchev–Trinajstić information content (AvgIpc) is 3.16. The number of hydrogen-bond donors (Lipinski definition) is 0. The van der Waals surface area contributed by atoms with Gasteiger partial charge >= 0.3 is 0 Å². The summed E-state index contributed by atoms with van der Waals surface area (Å²) in [5, 5.41) is 9.67. The highest BCUT2D eigenvalue weighted by Gasteiger charge is 2.13. The molecular weight excluding hydrogens is 386 g/mol. The molecule has 0 saturated carbocycles. The van der Waals surface area contributed by atoms with Crippen LogP contribution < -0.4 is 9.47 Å². The number of rotatable bonds is 10. The molecule has 0 unspecified atom stereocenters. The lowest BCUT2D eigenvalue weighted by molar-refractivity contribution is 0.112. The maximum Gasteiger partial charge on any atom is 0.191 e.